The first kappa shape index (κ1) is 16.8. The molecule has 3 nitrogen and oxygen atoms in total. The summed E-state index contributed by atoms with van der Waals surface area (Å²) in [4.78, 5) is 6.25. The number of hydrogen-bond acceptors (Lipinski definition) is 3. The molecule has 114 valence electrons. The van der Waals surface area contributed by atoms with E-state index in [1.807, 2.05) is 7.05 Å². The molecule has 0 aromatic carbocycles. The van der Waals surface area contributed by atoms with Gasteiger partial charge in [-0.2, -0.15) is 13.2 Å². The van der Waals surface area contributed by atoms with Crippen molar-refractivity contribution in [3.8, 4) is 0 Å². The molecule has 0 radical (unpaired) electrons. The van der Waals surface area contributed by atoms with Crippen molar-refractivity contribution < 1.29 is 13.2 Å². The van der Waals surface area contributed by atoms with E-state index in [0.29, 0.717) is 5.92 Å². The summed E-state index contributed by atoms with van der Waals surface area (Å²) < 4.78 is 36.9. The minimum atomic E-state index is -4.19. The third kappa shape index (κ3) is 6.23. The third-order valence-corrected chi connectivity index (χ3v) is 2.75. The summed E-state index contributed by atoms with van der Waals surface area (Å²) in [6.07, 6.45) is -3.80. The number of aromatic nitrogens is 1. The lowest BCUT2D eigenvalue weighted by Crippen LogP contribution is -2.34. The van der Waals surface area contributed by atoms with E-state index in [-0.39, 0.29) is 5.56 Å². The molecule has 0 atom stereocenters. The van der Waals surface area contributed by atoms with E-state index in [9.17, 15) is 13.2 Å². The minimum Gasteiger partial charge on any atom is -0.355 e. The number of halogens is 3. The quantitative estimate of drug-likeness (QED) is 0.836. The summed E-state index contributed by atoms with van der Waals surface area (Å²) in [7, 11) is 1.87. The van der Waals surface area contributed by atoms with Crippen molar-refractivity contribution in [1.29, 1.82) is 0 Å². The van der Waals surface area contributed by atoms with Gasteiger partial charge in [-0.1, -0.05) is 19.9 Å². The van der Waals surface area contributed by atoms with Crippen LogP contribution in [0.3, 0.4) is 0 Å². The highest BCUT2D eigenvalue weighted by atomic mass is 19.4. The molecule has 6 heteroatoms. The van der Waals surface area contributed by atoms with Crippen molar-refractivity contribution in [2.24, 2.45) is 5.92 Å². The predicted molar refractivity (Wildman–Crippen MR) is 75.0 cm³/mol. The highest BCUT2D eigenvalue weighted by Gasteiger charge is 2.27. The molecule has 1 heterocycles. The smallest absolute Gasteiger partial charge is 0.355 e. The van der Waals surface area contributed by atoms with Crippen molar-refractivity contribution in [3.63, 3.8) is 0 Å². The maximum atomic E-state index is 12.3. The molecule has 0 unspecified atom stereocenters. The molecule has 0 amide bonds. The Morgan fingerprint density at radius 2 is 2.00 bits per heavy atom. The molecule has 0 saturated heterocycles. The third-order valence-electron chi connectivity index (χ3n) is 2.75. The number of nitrogens with one attached hydrogen (secondary N) is 1. The van der Waals surface area contributed by atoms with Crippen LogP contribution in [0.5, 0.6) is 0 Å². The first-order valence-electron chi connectivity index (χ1n) is 6.73. The molecule has 0 aliphatic rings. The molecule has 1 aromatic rings. The Kier molecular flexibility index (Phi) is 6.26. The Labute approximate surface area is 118 Å². The van der Waals surface area contributed by atoms with Crippen molar-refractivity contribution >= 4 is 5.82 Å². The van der Waals surface area contributed by atoms with Gasteiger partial charge < -0.3 is 10.2 Å². The van der Waals surface area contributed by atoms with Gasteiger partial charge in [-0.05, 0) is 24.6 Å². The fourth-order valence-corrected chi connectivity index (χ4v) is 1.93. The summed E-state index contributed by atoms with van der Waals surface area (Å²) in [5, 5.41) is 3.07. The Morgan fingerprint density at radius 1 is 1.30 bits per heavy atom. The normalized spacial score (nSPS) is 11.9. The van der Waals surface area contributed by atoms with Crippen LogP contribution in [-0.2, 0) is 6.42 Å². The van der Waals surface area contributed by atoms with Gasteiger partial charge in [0.2, 0.25) is 0 Å². The van der Waals surface area contributed by atoms with E-state index < -0.39 is 12.6 Å². The van der Waals surface area contributed by atoms with Gasteiger partial charge in [-0.3, -0.25) is 0 Å². The summed E-state index contributed by atoms with van der Waals surface area (Å²) >= 11 is 0. The molecule has 0 saturated carbocycles. The van der Waals surface area contributed by atoms with Crippen LogP contribution < -0.4 is 10.2 Å². The van der Waals surface area contributed by atoms with Crippen LogP contribution in [0.4, 0.5) is 19.0 Å². The predicted octanol–water partition coefficient (Wildman–Crippen LogP) is 2.87. The zero-order valence-electron chi connectivity index (χ0n) is 12.2. The fourth-order valence-electron chi connectivity index (χ4n) is 1.93. The van der Waals surface area contributed by atoms with Crippen LogP contribution in [0.25, 0.3) is 0 Å². The lowest BCUT2D eigenvalue weighted by molar-refractivity contribution is -0.127. The van der Waals surface area contributed by atoms with Crippen LogP contribution in [0.15, 0.2) is 18.3 Å². The molecule has 0 bridgehead atoms. The number of nitrogens with zero attached hydrogens (tertiary/aromatic N) is 2. The molecule has 1 rings (SSSR count). The molecular formula is C14H22F3N3. The second kappa shape index (κ2) is 7.47. The second-order valence-electron chi connectivity index (χ2n) is 5.26. The highest BCUT2D eigenvalue weighted by molar-refractivity contribution is 5.39. The van der Waals surface area contributed by atoms with Crippen LogP contribution >= 0.6 is 0 Å². The Bertz CT molecular complexity index is 388. The maximum Gasteiger partial charge on any atom is 0.393 e. The maximum absolute atomic E-state index is 12.3. The minimum absolute atomic E-state index is 0.194. The van der Waals surface area contributed by atoms with Gasteiger partial charge in [0.1, 0.15) is 5.82 Å². The molecule has 0 spiro atoms. The summed E-state index contributed by atoms with van der Waals surface area (Å²) in [5.41, 5.74) is 0.194. The number of rotatable bonds is 7. The van der Waals surface area contributed by atoms with E-state index in [0.717, 1.165) is 25.5 Å². The Hall–Kier alpha value is -1.30. The molecule has 0 fully saturated rings. The van der Waals surface area contributed by atoms with Crippen molar-refractivity contribution in [3.05, 3.63) is 23.9 Å². The average Bonchev–Trinajstić information content (AvgIpc) is 2.33. The van der Waals surface area contributed by atoms with Crippen molar-refractivity contribution in [2.45, 2.75) is 26.4 Å². The zero-order valence-corrected chi connectivity index (χ0v) is 12.2. The van der Waals surface area contributed by atoms with Gasteiger partial charge >= 0.3 is 6.18 Å². The topological polar surface area (TPSA) is 28.2 Å². The summed E-state index contributed by atoms with van der Waals surface area (Å²) in [6, 6.07) is 3.17. The molecule has 20 heavy (non-hydrogen) atoms. The Balaban J connectivity index is 2.76. The van der Waals surface area contributed by atoms with Gasteiger partial charge in [0.05, 0.1) is 6.42 Å². The number of anilines is 1. The fraction of sp³-hybridized carbons (Fsp3) is 0.643. The molecule has 0 aliphatic carbocycles. The zero-order chi connectivity index (χ0) is 15.2. The second-order valence-corrected chi connectivity index (χ2v) is 5.26. The number of pyridine rings is 1. The number of alkyl halides is 3. The van der Waals surface area contributed by atoms with Gasteiger partial charge in [0.25, 0.3) is 0 Å². The van der Waals surface area contributed by atoms with Gasteiger partial charge in [-0.15, -0.1) is 0 Å². The van der Waals surface area contributed by atoms with Gasteiger partial charge in [0, 0.05) is 25.8 Å². The highest BCUT2D eigenvalue weighted by Crippen LogP contribution is 2.22. The number of hydrogen-bond donors (Lipinski definition) is 1. The summed E-state index contributed by atoms with van der Waals surface area (Å²) in [6.45, 7) is 6.61. The van der Waals surface area contributed by atoms with Crippen molar-refractivity contribution in [2.75, 3.05) is 31.6 Å². The van der Waals surface area contributed by atoms with Gasteiger partial charge in [-0.25, -0.2) is 4.98 Å². The standard InChI is InChI=1S/C14H22F3N3/c1-11(2)10-20(7-6-18-3)13-5-4-12(9-19-13)8-14(15,16)17/h4-5,9,11,18H,6-8,10H2,1-3H3. The first-order chi connectivity index (χ1) is 9.31. The molecule has 1 N–H and O–H groups in total. The largest absolute Gasteiger partial charge is 0.393 e. The average molecular weight is 289 g/mol. The first-order valence-corrected chi connectivity index (χ1v) is 6.73. The van der Waals surface area contributed by atoms with Crippen LogP contribution in [0, 0.1) is 5.92 Å². The summed E-state index contributed by atoms with van der Waals surface area (Å²) in [5.74, 6) is 1.18. The lowest BCUT2D eigenvalue weighted by atomic mass is 10.2. The van der Waals surface area contributed by atoms with E-state index in [4.69, 9.17) is 0 Å². The van der Waals surface area contributed by atoms with E-state index in [2.05, 4.69) is 29.0 Å². The SMILES string of the molecule is CNCCN(CC(C)C)c1ccc(CC(F)(F)F)cn1. The van der Waals surface area contributed by atoms with Crippen LogP contribution in [0.2, 0.25) is 0 Å². The lowest BCUT2D eigenvalue weighted by Gasteiger charge is -2.25. The van der Waals surface area contributed by atoms with E-state index >= 15 is 0 Å². The molecular weight excluding hydrogens is 267 g/mol. The Morgan fingerprint density at radius 3 is 2.45 bits per heavy atom. The van der Waals surface area contributed by atoms with E-state index in [1.165, 1.54) is 12.3 Å². The van der Waals surface area contributed by atoms with Crippen LogP contribution in [-0.4, -0.2) is 37.8 Å². The van der Waals surface area contributed by atoms with Gasteiger partial charge in [0.15, 0.2) is 0 Å². The van der Waals surface area contributed by atoms with E-state index in [1.54, 1.807) is 6.07 Å². The number of likely N-dealkylation sites (N-methyl/N-ethyl adjacent to an activating group) is 1. The van der Waals surface area contributed by atoms with Crippen molar-refractivity contribution in [1.82, 2.24) is 10.3 Å². The monoisotopic (exact) mass is 289 g/mol. The molecule has 0 aliphatic heterocycles. The molecule has 1 aromatic heterocycles. The van der Waals surface area contributed by atoms with Crippen LogP contribution in [0.1, 0.15) is 19.4 Å².